The molecule has 1 saturated carbocycles. The number of hydrogen-bond acceptors (Lipinski definition) is 5. The maximum absolute atomic E-state index is 13.3. The standard InChI is InChI=1S/C27H27N5O4/c28-32-23(33)13-6-16-29-25(35)26(36)30-17-19-8-2-4-11-21(19)24(34)31-27(14-15-27)22-12-5-9-18-7-1-3-10-20(18)22/h1-13H,14-17,28H2,(H,29,35)(H,30,36)(H,31,34)(H,32,33)/b13-6+. The van der Waals surface area contributed by atoms with Gasteiger partial charge in [-0.25, -0.2) is 5.84 Å². The summed E-state index contributed by atoms with van der Waals surface area (Å²) < 4.78 is 0. The van der Waals surface area contributed by atoms with Gasteiger partial charge in [-0.15, -0.1) is 0 Å². The fourth-order valence-corrected chi connectivity index (χ4v) is 4.11. The normalized spacial score (nSPS) is 13.7. The Kier molecular flexibility index (Phi) is 7.41. The van der Waals surface area contributed by atoms with Gasteiger partial charge in [0, 0.05) is 24.7 Å². The lowest BCUT2D eigenvalue weighted by molar-refractivity contribution is -0.139. The summed E-state index contributed by atoms with van der Waals surface area (Å²) in [7, 11) is 0. The van der Waals surface area contributed by atoms with Crippen molar-refractivity contribution in [2.24, 2.45) is 5.84 Å². The average Bonchev–Trinajstić information content (AvgIpc) is 3.69. The van der Waals surface area contributed by atoms with Crippen LogP contribution in [0.5, 0.6) is 0 Å². The first-order chi connectivity index (χ1) is 17.4. The van der Waals surface area contributed by atoms with E-state index in [1.54, 1.807) is 24.3 Å². The molecule has 3 aromatic rings. The summed E-state index contributed by atoms with van der Waals surface area (Å²) in [5.74, 6) is 2.47. The highest BCUT2D eigenvalue weighted by molar-refractivity contribution is 6.35. The minimum atomic E-state index is -0.859. The molecule has 36 heavy (non-hydrogen) atoms. The van der Waals surface area contributed by atoms with Crippen molar-refractivity contribution < 1.29 is 19.2 Å². The molecule has 0 heterocycles. The van der Waals surface area contributed by atoms with Crippen molar-refractivity contribution >= 4 is 34.4 Å². The number of hydrogen-bond donors (Lipinski definition) is 5. The van der Waals surface area contributed by atoms with Gasteiger partial charge in [0.2, 0.25) is 0 Å². The van der Waals surface area contributed by atoms with Crippen molar-refractivity contribution in [3.05, 3.63) is 95.6 Å². The molecule has 6 N–H and O–H groups in total. The van der Waals surface area contributed by atoms with Crippen LogP contribution in [0.2, 0.25) is 0 Å². The Balaban J connectivity index is 1.40. The van der Waals surface area contributed by atoms with E-state index >= 15 is 0 Å². The van der Waals surface area contributed by atoms with Crippen molar-refractivity contribution in [2.75, 3.05) is 6.54 Å². The molecule has 0 bridgehead atoms. The molecule has 3 aromatic carbocycles. The summed E-state index contributed by atoms with van der Waals surface area (Å²) in [6.45, 7) is -0.0164. The van der Waals surface area contributed by atoms with Gasteiger partial charge in [-0.05, 0) is 40.8 Å². The third-order valence-corrected chi connectivity index (χ3v) is 6.11. The van der Waals surface area contributed by atoms with Gasteiger partial charge in [-0.1, -0.05) is 66.7 Å². The highest BCUT2D eigenvalue weighted by Crippen LogP contribution is 2.48. The molecule has 0 aromatic heterocycles. The van der Waals surface area contributed by atoms with Crippen LogP contribution in [0.25, 0.3) is 10.8 Å². The van der Waals surface area contributed by atoms with E-state index in [4.69, 9.17) is 5.84 Å². The Bertz CT molecular complexity index is 1340. The molecule has 9 heteroatoms. The summed E-state index contributed by atoms with van der Waals surface area (Å²) in [5.41, 5.74) is 3.60. The van der Waals surface area contributed by atoms with Gasteiger partial charge in [0.05, 0.1) is 5.54 Å². The molecule has 4 amide bonds. The Morgan fingerprint density at radius 3 is 2.33 bits per heavy atom. The molecular weight excluding hydrogens is 458 g/mol. The van der Waals surface area contributed by atoms with E-state index in [-0.39, 0.29) is 19.0 Å². The van der Waals surface area contributed by atoms with Crippen LogP contribution in [0.3, 0.4) is 0 Å². The number of nitrogens with one attached hydrogen (secondary N) is 4. The van der Waals surface area contributed by atoms with Crippen molar-refractivity contribution in [2.45, 2.75) is 24.9 Å². The van der Waals surface area contributed by atoms with Crippen LogP contribution in [-0.4, -0.2) is 30.2 Å². The zero-order valence-corrected chi connectivity index (χ0v) is 19.5. The number of hydrazine groups is 1. The first-order valence-electron chi connectivity index (χ1n) is 11.6. The minimum absolute atomic E-state index is 0.00251. The molecule has 0 radical (unpaired) electrons. The Morgan fingerprint density at radius 2 is 1.56 bits per heavy atom. The smallest absolute Gasteiger partial charge is 0.309 e. The van der Waals surface area contributed by atoms with Crippen molar-refractivity contribution in [1.29, 1.82) is 0 Å². The number of nitrogens with two attached hydrogens (primary N) is 1. The number of carbonyl (C=O) groups is 4. The molecule has 1 aliphatic carbocycles. The fraction of sp³-hybridized carbons (Fsp3) is 0.185. The molecule has 1 fully saturated rings. The van der Waals surface area contributed by atoms with E-state index in [0.717, 1.165) is 35.3 Å². The molecule has 0 saturated heterocycles. The monoisotopic (exact) mass is 485 g/mol. The number of fused-ring (bicyclic) bond motifs is 1. The molecule has 0 atom stereocenters. The maximum atomic E-state index is 13.3. The quantitative estimate of drug-likeness (QED) is 0.108. The molecule has 0 aliphatic heterocycles. The van der Waals surface area contributed by atoms with Crippen molar-refractivity contribution in [3.63, 3.8) is 0 Å². The van der Waals surface area contributed by atoms with E-state index < -0.39 is 23.3 Å². The largest absolute Gasteiger partial charge is 0.344 e. The third-order valence-electron chi connectivity index (χ3n) is 6.11. The van der Waals surface area contributed by atoms with Crippen LogP contribution in [0, 0.1) is 0 Å². The molecule has 0 unspecified atom stereocenters. The molecule has 4 rings (SSSR count). The van der Waals surface area contributed by atoms with E-state index in [1.165, 1.54) is 6.08 Å². The highest BCUT2D eigenvalue weighted by atomic mass is 16.2. The fourth-order valence-electron chi connectivity index (χ4n) is 4.11. The second kappa shape index (κ2) is 10.8. The number of rotatable bonds is 8. The van der Waals surface area contributed by atoms with E-state index in [9.17, 15) is 19.2 Å². The third kappa shape index (κ3) is 5.59. The summed E-state index contributed by atoms with van der Waals surface area (Å²) >= 11 is 0. The van der Waals surface area contributed by atoms with Crippen LogP contribution in [0.4, 0.5) is 0 Å². The summed E-state index contributed by atoms with van der Waals surface area (Å²) in [6.07, 6.45) is 4.18. The van der Waals surface area contributed by atoms with Gasteiger partial charge < -0.3 is 16.0 Å². The molecule has 184 valence electrons. The maximum Gasteiger partial charge on any atom is 0.309 e. The second-order valence-electron chi connectivity index (χ2n) is 8.52. The Morgan fingerprint density at radius 1 is 0.861 bits per heavy atom. The predicted octanol–water partition coefficient (Wildman–Crippen LogP) is 1.54. The second-order valence-corrected chi connectivity index (χ2v) is 8.52. The molecular formula is C27H27N5O4. The zero-order valence-electron chi connectivity index (χ0n) is 19.5. The van der Waals surface area contributed by atoms with Crippen LogP contribution < -0.4 is 27.2 Å². The van der Waals surface area contributed by atoms with E-state index in [1.807, 2.05) is 23.6 Å². The lowest BCUT2D eigenvalue weighted by Crippen LogP contribution is -2.40. The van der Waals surface area contributed by atoms with Gasteiger partial charge in [-0.2, -0.15) is 0 Å². The van der Waals surface area contributed by atoms with Crippen molar-refractivity contribution in [1.82, 2.24) is 21.4 Å². The molecule has 0 spiro atoms. The van der Waals surface area contributed by atoms with Crippen LogP contribution in [0.1, 0.15) is 34.3 Å². The minimum Gasteiger partial charge on any atom is -0.344 e. The predicted molar refractivity (Wildman–Crippen MR) is 135 cm³/mol. The lowest BCUT2D eigenvalue weighted by Gasteiger charge is -2.21. The first kappa shape index (κ1) is 24.6. The first-order valence-corrected chi connectivity index (χ1v) is 11.6. The van der Waals surface area contributed by atoms with E-state index in [0.29, 0.717) is 11.1 Å². The number of amides is 4. The van der Waals surface area contributed by atoms with Gasteiger partial charge in [-0.3, -0.25) is 24.6 Å². The number of benzene rings is 3. The zero-order chi connectivity index (χ0) is 25.5. The van der Waals surface area contributed by atoms with Crippen LogP contribution in [0.15, 0.2) is 78.9 Å². The average molecular weight is 486 g/mol. The van der Waals surface area contributed by atoms with Crippen LogP contribution in [-0.2, 0) is 26.5 Å². The van der Waals surface area contributed by atoms with Crippen molar-refractivity contribution in [3.8, 4) is 0 Å². The summed E-state index contributed by atoms with van der Waals surface area (Å²) in [6, 6.07) is 21.2. The van der Waals surface area contributed by atoms with Gasteiger partial charge in [0.25, 0.3) is 11.8 Å². The Labute approximate surface area is 208 Å². The number of carbonyl (C=O) groups excluding carboxylic acids is 4. The molecule has 9 nitrogen and oxygen atoms in total. The summed E-state index contributed by atoms with van der Waals surface area (Å²) in [5, 5.41) is 10.3. The SMILES string of the molecule is NNC(=O)/C=C/CNC(=O)C(=O)NCc1ccccc1C(=O)NC1(c2cccc3ccccc23)CC1. The lowest BCUT2D eigenvalue weighted by atomic mass is 9.96. The van der Waals surface area contributed by atoms with Gasteiger partial charge in [0.15, 0.2) is 0 Å². The van der Waals surface area contributed by atoms with Gasteiger partial charge in [0.1, 0.15) is 0 Å². The van der Waals surface area contributed by atoms with Crippen LogP contribution >= 0.6 is 0 Å². The topological polar surface area (TPSA) is 142 Å². The van der Waals surface area contributed by atoms with E-state index in [2.05, 4.69) is 40.2 Å². The van der Waals surface area contributed by atoms with Gasteiger partial charge >= 0.3 is 11.8 Å². The Hall–Kier alpha value is -4.50. The molecule has 1 aliphatic rings. The summed E-state index contributed by atoms with van der Waals surface area (Å²) in [4.78, 5) is 48.5. The highest BCUT2D eigenvalue weighted by Gasteiger charge is 2.46.